The summed E-state index contributed by atoms with van der Waals surface area (Å²) in [4.78, 5) is 11.6. The van der Waals surface area contributed by atoms with Gasteiger partial charge in [0.1, 0.15) is 4.32 Å². The van der Waals surface area contributed by atoms with Crippen LogP contribution in [-0.4, -0.2) is 27.2 Å². The maximum absolute atomic E-state index is 10.0. The van der Waals surface area contributed by atoms with Gasteiger partial charge in [0.2, 0.25) is 6.20 Å². The maximum atomic E-state index is 10.0. The molecule has 0 bridgehead atoms. The fourth-order valence-corrected chi connectivity index (χ4v) is 2.25. The van der Waals surface area contributed by atoms with Crippen LogP contribution in [0.1, 0.15) is 19.3 Å². The van der Waals surface area contributed by atoms with E-state index in [1.54, 1.807) is 0 Å². The highest BCUT2D eigenvalue weighted by atomic mass is 32.2. The number of nitro groups is 1. The second-order valence-corrected chi connectivity index (χ2v) is 4.54. The Morgan fingerprint density at radius 1 is 1.43 bits per heavy atom. The molecule has 0 aliphatic carbocycles. The molecule has 1 rings (SSSR count). The van der Waals surface area contributed by atoms with Crippen molar-refractivity contribution < 1.29 is 4.92 Å². The van der Waals surface area contributed by atoms with E-state index in [0.717, 1.165) is 23.6 Å². The molecule has 0 aromatic heterocycles. The van der Waals surface area contributed by atoms with E-state index >= 15 is 0 Å². The molecular formula is C8H12N2O2S2. The highest BCUT2D eigenvalue weighted by molar-refractivity contribution is 8.24. The highest BCUT2D eigenvalue weighted by Gasteiger charge is 2.12. The quantitative estimate of drug-likeness (QED) is 0.415. The van der Waals surface area contributed by atoms with E-state index < -0.39 is 4.92 Å². The highest BCUT2D eigenvalue weighted by Crippen LogP contribution is 2.16. The van der Waals surface area contributed by atoms with E-state index in [4.69, 9.17) is 12.2 Å². The fourth-order valence-electron chi connectivity index (χ4n) is 1.29. The Bertz CT molecular complexity index is 250. The first-order chi connectivity index (χ1) is 6.70. The van der Waals surface area contributed by atoms with Crippen LogP contribution in [0.25, 0.3) is 0 Å². The molecule has 0 unspecified atom stereocenters. The number of rotatable bonds is 2. The molecule has 1 saturated heterocycles. The van der Waals surface area contributed by atoms with Crippen LogP contribution in [-0.2, 0) is 0 Å². The van der Waals surface area contributed by atoms with Gasteiger partial charge in [-0.15, -0.1) is 0 Å². The lowest BCUT2D eigenvalue weighted by atomic mass is 10.1. The lowest BCUT2D eigenvalue weighted by Gasteiger charge is -2.27. The minimum Gasteiger partial charge on any atom is -0.357 e. The summed E-state index contributed by atoms with van der Waals surface area (Å²) in [6.07, 6.45) is 4.51. The van der Waals surface area contributed by atoms with Crippen molar-refractivity contribution in [3.05, 3.63) is 21.7 Å². The van der Waals surface area contributed by atoms with E-state index in [-0.39, 0.29) is 0 Å². The Balaban J connectivity index is 2.30. The van der Waals surface area contributed by atoms with Gasteiger partial charge in [0, 0.05) is 18.5 Å². The molecule has 0 N–H and O–H groups in total. The minimum atomic E-state index is -0.480. The third-order valence-corrected chi connectivity index (χ3v) is 3.23. The van der Waals surface area contributed by atoms with Crippen molar-refractivity contribution in [3.8, 4) is 0 Å². The van der Waals surface area contributed by atoms with Crippen molar-refractivity contribution in [2.75, 3.05) is 13.1 Å². The summed E-state index contributed by atoms with van der Waals surface area (Å²) in [6.45, 7) is 1.97. The van der Waals surface area contributed by atoms with Crippen molar-refractivity contribution >= 4 is 28.3 Å². The molecule has 0 aromatic carbocycles. The van der Waals surface area contributed by atoms with Crippen LogP contribution in [0.4, 0.5) is 0 Å². The third kappa shape index (κ3) is 4.06. The average molecular weight is 232 g/mol. The average Bonchev–Trinajstić information content (AvgIpc) is 2.18. The molecule has 0 spiro atoms. The summed E-state index contributed by atoms with van der Waals surface area (Å²) in [5.74, 6) is 0. The molecule has 0 amide bonds. The van der Waals surface area contributed by atoms with E-state index in [1.165, 1.54) is 36.4 Å². The Labute approximate surface area is 92.5 Å². The maximum Gasteiger partial charge on any atom is 0.241 e. The van der Waals surface area contributed by atoms with E-state index in [2.05, 4.69) is 4.90 Å². The Kier molecular flexibility index (Phi) is 4.89. The van der Waals surface area contributed by atoms with Crippen LogP contribution in [0, 0.1) is 10.1 Å². The van der Waals surface area contributed by atoms with Crippen LogP contribution in [0.5, 0.6) is 0 Å². The van der Waals surface area contributed by atoms with E-state index in [0.29, 0.717) is 0 Å². The molecule has 14 heavy (non-hydrogen) atoms. The molecule has 0 atom stereocenters. The number of hydrogen-bond acceptors (Lipinski definition) is 4. The van der Waals surface area contributed by atoms with Gasteiger partial charge in [-0.2, -0.15) is 0 Å². The van der Waals surface area contributed by atoms with Crippen molar-refractivity contribution in [1.82, 2.24) is 4.90 Å². The normalized spacial score (nSPS) is 17.3. The second kappa shape index (κ2) is 5.98. The largest absolute Gasteiger partial charge is 0.357 e. The van der Waals surface area contributed by atoms with Gasteiger partial charge in [0.05, 0.1) is 4.92 Å². The SMILES string of the molecule is O=[N+]([O-])C=CSC(=S)N1CCCCC1. The predicted molar refractivity (Wildman–Crippen MR) is 61.7 cm³/mol. The van der Waals surface area contributed by atoms with Crippen LogP contribution < -0.4 is 0 Å². The molecule has 0 saturated carbocycles. The summed E-state index contributed by atoms with van der Waals surface area (Å²) < 4.78 is 0.739. The third-order valence-electron chi connectivity index (χ3n) is 1.97. The molecule has 0 aromatic rings. The monoisotopic (exact) mass is 232 g/mol. The van der Waals surface area contributed by atoms with Gasteiger partial charge in [-0.3, -0.25) is 10.1 Å². The molecule has 1 aliphatic heterocycles. The van der Waals surface area contributed by atoms with E-state index in [9.17, 15) is 10.1 Å². The van der Waals surface area contributed by atoms with Crippen LogP contribution in [0.15, 0.2) is 11.6 Å². The van der Waals surface area contributed by atoms with Crippen LogP contribution in [0.2, 0.25) is 0 Å². The fraction of sp³-hybridized carbons (Fsp3) is 0.625. The van der Waals surface area contributed by atoms with Gasteiger partial charge in [-0.05, 0) is 19.3 Å². The zero-order valence-electron chi connectivity index (χ0n) is 7.72. The summed E-state index contributed by atoms with van der Waals surface area (Å²) in [5.41, 5.74) is 0. The van der Waals surface area contributed by atoms with Gasteiger partial charge >= 0.3 is 0 Å². The lowest BCUT2D eigenvalue weighted by molar-refractivity contribution is -0.402. The summed E-state index contributed by atoms with van der Waals surface area (Å²) in [5, 5.41) is 11.4. The van der Waals surface area contributed by atoms with Crippen molar-refractivity contribution in [3.63, 3.8) is 0 Å². The first-order valence-electron chi connectivity index (χ1n) is 4.46. The predicted octanol–water partition coefficient (Wildman–Crippen LogP) is 2.24. The number of likely N-dealkylation sites (tertiary alicyclic amines) is 1. The van der Waals surface area contributed by atoms with Gasteiger partial charge < -0.3 is 4.90 Å². The molecule has 1 fully saturated rings. The zero-order valence-corrected chi connectivity index (χ0v) is 9.35. The first-order valence-corrected chi connectivity index (χ1v) is 5.74. The lowest BCUT2D eigenvalue weighted by Crippen LogP contribution is -2.32. The summed E-state index contributed by atoms with van der Waals surface area (Å²) in [6, 6.07) is 0. The van der Waals surface area contributed by atoms with Gasteiger partial charge in [-0.1, -0.05) is 24.0 Å². The molecule has 0 radical (unpaired) electrons. The smallest absolute Gasteiger partial charge is 0.241 e. The number of nitrogens with zero attached hydrogens (tertiary/aromatic N) is 2. The molecule has 1 aliphatic rings. The van der Waals surface area contributed by atoms with Crippen LogP contribution >= 0.6 is 24.0 Å². The minimum absolute atomic E-state index is 0.480. The first kappa shape index (κ1) is 11.5. The topological polar surface area (TPSA) is 46.4 Å². The second-order valence-electron chi connectivity index (χ2n) is 3.00. The molecule has 1 heterocycles. The Morgan fingerprint density at radius 3 is 2.64 bits per heavy atom. The molecule has 4 nitrogen and oxygen atoms in total. The summed E-state index contributed by atoms with van der Waals surface area (Å²) >= 11 is 6.39. The summed E-state index contributed by atoms with van der Waals surface area (Å²) in [7, 11) is 0. The van der Waals surface area contributed by atoms with Crippen molar-refractivity contribution in [2.24, 2.45) is 0 Å². The Hall–Kier alpha value is -0.620. The number of hydrogen-bond donors (Lipinski definition) is 0. The molecular weight excluding hydrogens is 220 g/mol. The number of thiocarbonyl (C=S) groups is 1. The van der Waals surface area contributed by atoms with E-state index in [1.807, 2.05) is 0 Å². The van der Waals surface area contributed by atoms with Crippen molar-refractivity contribution in [2.45, 2.75) is 19.3 Å². The van der Waals surface area contributed by atoms with Crippen LogP contribution in [0.3, 0.4) is 0 Å². The number of piperidine rings is 1. The number of thioether (sulfide) groups is 1. The molecule has 78 valence electrons. The molecule has 6 heteroatoms. The zero-order chi connectivity index (χ0) is 10.4. The van der Waals surface area contributed by atoms with Gasteiger partial charge in [0.25, 0.3) is 0 Å². The van der Waals surface area contributed by atoms with Crippen molar-refractivity contribution in [1.29, 1.82) is 0 Å². The standard InChI is InChI=1S/C8H12N2O2S2/c11-10(12)6-7-14-8(13)9-4-2-1-3-5-9/h6-7H,1-5H2. The van der Waals surface area contributed by atoms with Gasteiger partial charge in [0.15, 0.2) is 0 Å². The van der Waals surface area contributed by atoms with Gasteiger partial charge in [-0.25, -0.2) is 0 Å². The Morgan fingerprint density at radius 2 is 2.07 bits per heavy atom.